The highest BCUT2D eigenvalue weighted by Gasteiger charge is 2.08. The molecule has 0 aliphatic carbocycles. The molecule has 2 rings (SSSR count). The lowest BCUT2D eigenvalue weighted by atomic mass is 10.2. The van der Waals surface area contributed by atoms with E-state index in [2.05, 4.69) is 81.4 Å². The molecule has 1 heterocycles. The zero-order valence-corrected chi connectivity index (χ0v) is 13.6. The van der Waals surface area contributed by atoms with Crippen LogP contribution in [0.2, 0.25) is 0 Å². The largest absolute Gasteiger partial charge is 0.378 e. The van der Waals surface area contributed by atoms with Gasteiger partial charge in [0.2, 0.25) is 0 Å². The Morgan fingerprint density at radius 1 is 1.18 bits per heavy atom. The Hall–Kier alpha value is -0.320. The van der Waals surface area contributed by atoms with Gasteiger partial charge >= 0.3 is 0 Å². The van der Waals surface area contributed by atoms with Crippen LogP contribution in [0.3, 0.4) is 0 Å². The fourth-order valence-corrected chi connectivity index (χ4v) is 3.74. The molecule has 1 unspecified atom stereocenters. The van der Waals surface area contributed by atoms with Gasteiger partial charge in [0, 0.05) is 15.0 Å². The Morgan fingerprint density at radius 2 is 1.94 bits per heavy atom. The normalized spacial score (nSPS) is 12.5. The fraction of sp³-hybridized carbons (Fsp3) is 0.231. The average molecular weight is 375 g/mol. The molecule has 0 aliphatic rings. The van der Waals surface area contributed by atoms with Crippen LogP contribution in [0.25, 0.3) is 0 Å². The molecule has 1 nitrogen and oxygen atoms in total. The molecule has 1 N–H and O–H groups in total. The molecule has 0 spiro atoms. The van der Waals surface area contributed by atoms with Crippen molar-refractivity contribution in [2.24, 2.45) is 0 Å². The van der Waals surface area contributed by atoms with Gasteiger partial charge in [-0.3, -0.25) is 0 Å². The Balaban J connectivity index is 2.15. The zero-order valence-electron chi connectivity index (χ0n) is 9.63. The highest BCUT2D eigenvalue weighted by atomic mass is 79.9. The maximum absolute atomic E-state index is 3.52. The number of aryl methyl sites for hydroxylation is 1. The molecule has 0 aliphatic heterocycles. The molecule has 0 saturated carbocycles. The monoisotopic (exact) mass is 373 g/mol. The summed E-state index contributed by atoms with van der Waals surface area (Å²) in [5, 5.41) is 3.51. The van der Waals surface area contributed by atoms with Gasteiger partial charge in [0.25, 0.3) is 0 Å². The maximum Gasteiger partial charge on any atom is 0.0702 e. The molecule has 0 amide bonds. The number of halogens is 2. The Bertz CT molecular complexity index is 502. The van der Waals surface area contributed by atoms with Crippen LogP contribution in [-0.2, 0) is 0 Å². The van der Waals surface area contributed by atoms with Crippen molar-refractivity contribution in [1.29, 1.82) is 0 Å². The van der Waals surface area contributed by atoms with Crippen molar-refractivity contribution < 1.29 is 0 Å². The standard InChI is InChI=1S/C13H13Br2NS/c1-8-5-10(14)7-11(6-8)16-9(2)12-3-4-13(15)17-12/h3-7,9,16H,1-2H3. The van der Waals surface area contributed by atoms with Gasteiger partial charge in [-0.05, 0) is 65.7 Å². The number of rotatable bonds is 3. The summed E-state index contributed by atoms with van der Waals surface area (Å²) in [6.45, 7) is 4.27. The molecule has 2 aromatic rings. The van der Waals surface area contributed by atoms with Crippen LogP contribution in [-0.4, -0.2) is 0 Å². The van der Waals surface area contributed by atoms with E-state index >= 15 is 0 Å². The van der Waals surface area contributed by atoms with E-state index in [4.69, 9.17) is 0 Å². The predicted octanol–water partition coefficient (Wildman–Crippen LogP) is 5.75. The van der Waals surface area contributed by atoms with Crippen molar-refractivity contribution >= 4 is 48.9 Å². The van der Waals surface area contributed by atoms with E-state index in [1.807, 2.05) is 0 Å². The van der Waals surface area contributed by atoms with Crippen molar-refractivity contribution in [3.05, 3.63) is 49.0 Å². The lowest BCUT2D eigenvalue weighted by Crippen LogP contribution is -2.04. The summed E-state index contributed by atoms with van der Waals surface area (Å²) in [6.07, 6.45) is 0. The number of benzene rings is 1. The van der Waals surface area contributed by atoms with Crippen LogP contribution in [0.15, 0.2) is 38.6 Å². The first-order valence-corrected chi connectivity index (χ1v) is 7.74. The molecule has 1 atom stereocenters. The molecule has 0 fully saturated rings. The van der Waals surface area contributed by atoms with E-state index < -0.39 is 0 Å². The number of thiophene rings is 1. The molecular weight excluding hydrogens is 362 g/mol. The van der Waals surface area contributed by atoms with Crippen molar-refractivity contribution in [3.8, 4) is 0 Å². The summed E-state index contributed by atoms with van der Waals surface area (Å²) < 4.78 is 2.28. The van der Waals surface area contributed by atoms with Crippen molar-refractivity contribution in [1.82, 2.24) is 0 Å². The second kappa shape index (κ2) is 5.55. The van der Waals surface area contributed by atoms with Gasteiger partial charge in [-0.15, -0.1) is 11.3 Å². The van der Waals surface area contributed by atoms with Crippen molar-refractivity contribution in [2.45, 2.75) is 19.9 Å². The van der Waals surface area contributed by atoms with Crippen LogP contribution in [0.4, 0.5) is 5.69 Å². The quantitative estimate of drug-likeness (QED) is 0.720. The molecule has 0 bridgehead atoms. The maximum atomic E-state index is 3.52. The number of nitrogens with one attached hydrogen (secondary N) is 1. The minimum atomic E-state index is 0.319. The van der Waals surface area contributed by atoms with Crippen LogP contribution >= 0.6 is 43.2 Å². The van der Waals surface area contributed by atoms with Crippen LogP contribution in [0.5, 0.6) is 0 Å². The van der Waals surface area contributed by atoms with Gasteiger partial charge in [0.1, 0.15) is 0 Å². The van der Waals surface area contributed by atoms with Crippen LogP contribution < -0.4 is 5.32 Å². The highest BCUT2D eigenvalue weighted by Crippen LogP contribution is 2.30. The molecular formula is C13H13Br2NS. The Morgan fingerprint density at radius 3 is 2.53 bits per heavy atom. The second-order valence-corrected chi connectivity index (χ2v) is 7.44. The summed E-state index contributed by atoms with van der Waals surface area (Å²) in [7, 11) is 0. The molecule has 0 saturated heterocycles. The van der Waals surface area contributed by atoms with E-state index in [9.17, 15) is 0 Å². The summed E-state index contributed by atoms with van der Waals surface area (Å²) in [6, 6.07) is 10.9. The minimum Gasteiger partial charge on any atom is -0.378 e. The summed E-state index contributed by atoms with van der Waals surface area (Å²) in [5.41, 5.74) is 2.40. The van der Waals surface area contributed by atoms with E-state index in [0.717, 1.165) is 10.2 Å². The molecule has 0 radical (unpaired) electrons. The Kier molecular flexibility index (Phi) is 4.28. The lowest BCUT2D eigenvalue weighted by Gasteiger charge is -2.14. The molecule has 17 heavy (non-hydrogen) atoms. The summed E-state index contributed by atoms with van der Waals surface area (Å²) >= 11 is 8.78. The van der Waals surface area contributed by atoms with Gasteiger partial charge in [-0.25, -0.2) is 0 Å². The molecule has 1 aromatic carbocycles. The SMILES string of the molecule is Cc1cc(Br)cc(NC(C)c2ccc(Br)s2)c1. The lowest BCUT2D eigenvalue weighted by molar-refractivity contribution is 0.907. The molecule has 1 aromatic heterocycles. The van der Waals surface area contributed by atoms with Crippen LogP contribution in [0, 0.1) is 6.92 Å². The van der Waals surface area contributed by atoms with E-state index in [1.165, 1.54) is 14.2 Å². The average Bonchev–Trinajstić information content (AvgIpc) is 2.63. The first kappa shape index (κ1) is 13.1. The van der Waals surface area contributed by atoms with Gasteiger partial charge in [-0.2, -0.15) is 0 Å². The topological polar surface area (TPSA) is 12.0 Å². The van der Waals surface area contributed by atoms with Gasteiger partial charge in [-0.1, -0.05) is 15.9 Å². The predicted molar refractivity (Wildman–Crippen MR) is 82.9 cm³/mol. The van der Waals surface area contributed by atoms with E-state index in [0.29, 0.717) is 6.04 Å². The minimum absolute atomic E-state index is 0.319. The van der Waals surface area contributed by atoms with Gasteiger partial charge in [0.15, 0.2) is 0 Å². The molecule has 4 heteroatoms. The van der Waals surface area contributed by atoms with Crippen LogP contribution in [0.1, 0.15) is 23.4 Å². The summed E-state index contributed by atoms with van der Waals surface area (Å²) in [5.74, 6) is 0. The third-order valence-corrected chi connectivity index (χ3v) is 4.71. The summed E-state index contributed by atoms with van der Waals surface area (Å²) in [4.78, 5) is 1.33. The van der Waals surface area contributed by atoms with Crippen molar-refractivity contribution in [3.63, 3.8) is 0 Å². The van der Waals surface area contributed by atoms with Gasteiger partial charge in [0.05, 0.1) is 9.83 Å². The van der Waals surface area contributed by atoms with E-state index in [1.54, 1.807) is 11.3 Å². The number of anilines is 1. The fourth-order valence-electron chi connectivity index (χ4n) is 1.70. The zero-order chi connectivity index (χ0) is 12.4. The second-order valence-electron chi connectivity index (χ2n) is 4.03. The first-order chi connectivity index (χ1) is 8.04. The van der Waals surface area contributed by atoms with E-state index in [-0.39, 0.29) is 0 Å². The molecule has 90 valence electrons. The number of hydrogen-bond donors (Lipinski definition) is 1. The number of hydrogen-bond acceptors (Lipinski definition) is 2. The highest BCUT2D eigenvalue weighted by molar-refractivity contribution is 9.11. The third kappa shape index (κ3) is 3.57. The van der Waals surface area contributed by atoms with Crippen molar-refractivity contribution in [2.75, 3.05) is 5.32 Å². The smallest absolute Gasteiger partial charge is 0.0702 e. The Labute approximate surface area is 123 Å². The third-order valence-electron chi connectivity index (χ3n) is 2.45. The first-order valence-electron chi connectivity index (χ1n) is 5.33. The van der Waals surface area contributed by atoms with Gasteiger partial charge < -0.3 is 5.32 Å².